The second-order valence-electron chi connectivity index (χ2n) is 8.05. The number of carbonyl (C=O) groups is 4. The monoisotopic (exact) mass is 514 g/mol. The summed E-state index contributed by atoms with van der Waals surface area (Å²) >= 11 is 0. The number of carboxylic acids is 1. The van der Waals surface area contributed by atoms with Crippen LogP contribution in [0.5, 0.6) is 0 Å². The number of rotatable bonds is 15. The van der Waals surface area contributed by atoms with Gasteiger partial charge in [-0.25, -0.2) is 4.79 Å². The molecule has 0 saturated heterocycles. The molecule has 1 aromatic heterocycles. The van der Waals surface area contributed by atoms with Gasteiger partial charge in [-0.15, -0.1) is 0 Å². The zero-order valence-corrected chi connectivity index (χ0v) is 20.2. The van der Waals surface area contributed by atoms with Crippen LogP contribution in [-0.4, -0.2) is 72.6 Å². The molecule has 0 radical (unpaired) electrons. The number of nitrogens with one attached hydrogen (secondary N) is 2. The number of hydrogen-bond donors (Lipinski definition) is 4. The standard InChI is InChI=1S/C25H30N4O8/c26-22(30)15-19(24(33)27-10-12-36-14-13-35-11-9-23(31)32)28-25(34)37-16-29-20-7-3-1-5-17(20)18-6-2-4-8-21(18)29/h1-8,19H,9-16H2,(H2,26,30)(H,27,33)(H,28,34)(H,31,32)/t19-/m0/s1. The lowest BCUT2D eigenvalue weighted by Crippen LogP contribution is -2.49. The van der Waals surface area contributed by atoms with Gasteiger partial charge in [0.15, 0.2) is 6.73 Å². The lowest BCUT2D eigenvalue weighted by Gasteiger charge is -2.17. The summed E-state index contributed by atoms with van der Waals surface area (Å²) in [6, 6.07) is 14.2. The van der Waals surface area contributed by atoms with E-state index < -0.39 is 36.3 Å². The van der Waals surface area contributed by atoms with Gasteiger partial charge in [-0.05, 0) is 12.1 Å². The van der Waals surface area contributed by atoms with Crippen LogP contribution in [0, 0.1) is 0 Å². The van der Waals surface area contributed by atoms with Crippen molar-refractivity contribution >= 4 is 45.7 Å². The molecule has 5 N–H and O–H groups in total. The van der Waals surface area contributed by atoms with E-state index in [0.717, 1.165) is 21.8 Å². The topological polar surface area (TPSA) is 171 Å². The van der Waals surface area contributed by atoms with Crippen LogP contribution in [0.2, 0.25) is 0 Å². The van der Waals surface area contributed by atoms with E-state index in [-0.39, 0.29) is 46.1 Å². The Morgan fingerprint density at radius 3 is 2.08 bits per heavy atom. The van der Waals surface area contributed by atoms with Crippen molar-refractivity contribution in [2.75, 3.05) is 33.0 Å². The maximum atomic E-state index is 12.5. The fourth-order valence-corrected chi connectivity index (χ4v) is 3.71. The number of benzene rings is 2. The van der Waals surface area contributed by atoms with Crippen LogP contribution in [-0.2, 0) is 35.3 Å². The van der Waals surface area contributed by atoms with Gasteiger partial charge in [0.2, 0.25) is 11.8 Å². The smallest absolute Gasteiger partial charge is 0.409 e. The summed E-state index contributed by atoms with van der Waals surface area (Å²) in [5.74, 6) is -2.33. The third-order valence-electron chi connectivity index (χ3n) is 5.40. The molecule has 0 spiro atoms. The molecule has 0 unspecified atom stereocenters. The Morgan fingerprint density at radius 1 is 0.892 bits per heavy atom. The van der Waals surface area contributed by atoms with Crippen molar-refractivity contribution in [3.05, 3.63) is 48.5 Å². The number of primary amides is 1. The summed E-state index contributed by atoms with van der Waals surface area (Å²) in [5.41, 5.74) is 7.01. The highest BCUT2D eigenvalue weighted by Crippen LogP contribution is 2.28. The summed E-state index contributed by atoms with van der Waals surface area (Å²) in [6.45, 7) is 0.672. The number of ether oxygens (including phenoxy) is 3. The second kappa shape index (κ2) is 13.8. The van der Waals surface area contributed by atoms with Gasteiger partial charge in [-0.2, -0.15) is 0 Å². The molecule has 0 fully saturated rings. The van der Waals surface area contributed by atoms with E-state index in [4.69, 9.17) is 25.1 Å². The summed E-state index contributed by atoms with van der Waals surface area (Å²) < 4.78 is 17.6. The maximum Gasteiger partial charge on any atom is 0.409 e. The number of carbonyl (C=O) groups excluding carboxylic acids is 3. The number of amides is 3. The maximum absolute atomic E-state index is 12.5. The highest BCUT2D eigenvalue weighted by Gasteiger charge is 2.23. The molecule has 198 valence electrons. The molecule has 3 rings (SSSR count). The fraction of sp³-hybridized carbons (Fsp3) is 0.360. The molecule has 0 aliphatic heterocycles. The molecule has 0 bridgehead atoms. The van der Waals surface area contributed by atoms with Crippen LogP contribution in [0.4, 0.5) is 4.79 Å². The van der Waals surface area contributed by atoms with E-state index >= 15 is 0 Å². The number of hydrogen-bond acceptors (Lipinski definition) is 7. The van der Waals surface area contributed by atoms with Crippen LogP contribution < -0.4 is 16.4 Å². The molecule has 0 aliphatic carbocycles. The fourth-order valence-electron chi connectivity index (χ4n) is 3.71. The van der Waals surface area contributed by atoms with Gasteiger partial charge in [-0.3, -0.25) is 14.4 Å². The summed E-state index contributed by atoms with van der Waals surface area (Å²) in [5, 5.41) is 15.5. The molecule has 12 heteroatoms. The summed E-state index contributed by atoms with van der Waals surface area (Å²) in [7, 11) is 0. The van der Waals surface area contributed by atoms with Crippen LogP contribution in [0.15, 0.2) is 48.5 Å². The third-order valence-corrected chi connectivity index (χ3v) is 5.40. The van der Waals surface area contributed by atoms with E-state index in [1.54, 1.807) is 0 Å². The van der Waals surface area contributed by atoms with Gasteiger partial charge in [0.05, 0.1) is 50.3 Å². The van der Waals surface area contributed by atoms with Gasteiger partial charge in [0, 0.05) is 17.3 Å². The third kappa shape index (κ3) is 8.19. The van der Waals surface area contributed by atoms with Gasteiger partial charge in [-0.1, -0.05) is 36.4 Å². The number of nitrogens with two attached hydrogens (primary N) is 1. The molecule has 3 amide bonds. The Balaban J connectivity index is 1.47. The number of alkyl carbamates (subject to hydrolysis) is 1. The number of carboxylic acid groups (broad SMARTS) is 1. The Bertz CT molecular complexity index is 1190. The van der Waals surface area contributed by atoms with Crippen molar-refractivity contribution in [3.8, 4) is 0 Å². The lowest BCUT2D eigenvalue weighted by atomic mass is 10.2. The van der Waals surface area contributed by atoms with Crippen molar-refractivity contribution in [2.45, 2.75) is 25.6 Å². The Labute approximate surface area is 212 Å². The van der Waals surface area contributed by atoms with E-state index in [1.807, 2.05) is 53.1 Å². The van der Waals surface area contributed by atoms with Gasteiger partial charge in [0.25, 0.3) is 0 Å². The van der Waals surface area contributed by atoms with Crippen LogP contribution >= 0.6 is 0 Å². The van der Waals surface area contributed by atoms with E-state index in [2.05, 4.69) is 10.6 Å². The first-order valence-corrected chi connectivity index (χ1v) is 11.7. The average molecular weight is 515 g/mol. The minimum Gasteiger partial charge on any atom is -0.481 e. The van der Waals surface area contributed by atoms with Gasteiger partial charge in [0.1, 0.15) is 6.04 Å². The number of nitrogens with zero attached hydrogens (tertiary/aromatic N) is 1. The number of aliphatic carboxylic acids is 1. The summed E-state index contributed by atoms with van der Waals surface area (Å²) in [6.07, 6.45) is -1.38. The van der Waals surface area contributed by atoms with Crippen LogP contribution in [0.25, 0.3) is 21.8 Å². The Morgan fingerprint density at radius 2 is 1.49 bits per heavy atom. The molecule has 3 aromatic rings. The molecule has 12 nitrogen and oxygen atoms in total. The number of aromatic nitrogens is 1. The minimum absolute atomic E-state index is 0.0861. The molecule has 2 aromatic carbocycles. The molecular formula is C25H30N4O8. The molecule has 0 saturated carbocycles. The van der Waals surface area contributed by atoms with Crippen molar-refractivity contribution in [1.29, 1.82) is 0 Å². The van der Waals surface area contributed by atoms with Crippen molar-refractivity contribution < 1.29 is 38.5 Å². The van der Waals surface area contributed by atoms with Crippen molar-refractivity contribution in [2.24, 2.45) is 5.73 Å². The van der Waals surface area contributed by atoms with Crippen LogP contribution in [0.1, 0.15) is 12.8 Å². The number of fused-ring (bicyclic) bond motifs is 3. The first-order valence-electron chi connectivity index (χ1n) is 11.7. The van der Waals surface area contributed by atoms with E-state index in [9.17, 15) is 19.2 Å². The van der Waals surface area contributed by atoms with Crippen molar-refractivity contribution in [3.63, 3.8) is 0 Å². The quantitative estimate of drug-likeness (QED) is 0.220. The Kier molecular flexibility index (Phi) is 10.2. The zero-order valence-electron chi connectivity index (χ0n) is 20.2. The SMILES string of the molecule is NC(=O)C[C@H](NC(=O)OCn1c2ccccc2c2ccccc21)C(=O)NCCOCCOCCC(=O)O. The summed E-state index contributed by atoms with van der Waals surface area (Å²) in [4.78, 5) is 46.8. The Hall–Kier alpha value is -4.16. The molecular weight excluding hydrogens is 484 g/mol. The second-order valence-corrected chi connectivity index (χ2v) is 8.05. The highest BCUT2D eigenvalue weighted by molar-refractivity contribution is 6.07. The predicted molar refractivity (Wildman–Crippen MR) is 134 cm³/mol. The van der Waals surface area contributed by atoms with Crippen LogP contribution in [0.3, 0.4) is 0 Å². The first kappa shape index (κ1) is 27.4. The minimum atomic E-state index is -1.22. The van der Waals surface area contributed by atoms with E-state index in [0.29, 0.717) is 0 Å². The van der Waals surface area contributed by atoms with E-state index in [1.165, 1.54) is 0 Å². The van der Waals surface area contributed by atoms with Gasteiger partial charge >= 0.3 is 12.1 Å². The predicted octanol–water partition coefficient (Wildman–Crippen LogP) is 1.35. The average Bonchev–Trinajstić information content (AvgIpc) is 3.19. The normalized spacial score (nSPS) is 11.8. The van der Waals surface area contributed by atoms with Crippen molar-refractivity contribution in [1.82, 2.24) is 15.2 Å². The molecule has 1 atom stereocenters. The molecule has 0 aliphatic rings. The lowest BCUT2D eigenvalue weighted by molar-refractivity contribution is -0.138. The first-order chi connectivity index (χ1) is 17.9. The molecule has 1 heterocycles. The zero-order chi connectivity index (χ0) is 26.6. The highest BCUT2D eigenvalue weighted by atomic mass is 16.6. The molecule has 37 heavy (non-hydrogen) atoms. The number of para-hydroxylation sites is 2. The van der Waals surface area contributed by atoms with Gasteiger partial charge < -0.3 is 40.3 Å². The largest absolute Gasteiger partial charge is 0.481 e.